The first-order chi connectivity index (χ1) is 6.66. The summed E-state index contributed by atoms with van der Waals surface area (Å²) >= 11 is 0. The SMILES string of the molecule is CC1CN=C(N2CCN(C)CC2N)O1. The predicted molar refractivity (Wildman–Crippen MR) is 55.0 cm³/mol. The van der Waals surface area contributed by atoms with Gasteiger partial charge in [-0.25, -0.2) is 4.99 Å². The van der Waals surface area contributed by atoms with Gasteiger partial charge in [-0.15, -0.1) is 0 Å². The van der Waals surface area contributed by atoms with Crippen molar-refractivity contribution in [2.45, 2.75) is 19.2 Å². The highest BCUT2D eigenvalue weighted by atomic mass is 16.5. The predicted octanol–water partition coefficient (Wildman–Crippen LogP) is -0.707. The van der Waals surface area contributed by atoms with Crippen molar-refractivity contribution in [2.75, 3.05) is 33.2 Å². The van der Waals surface area contributed by atoms with E-state index in [4.69, 9.17) is 10.5 Å². The number of amidine groups is 1. The second kappa shape index (κ2) is 3.74. The molecular formula is C9H18N4O. The zero-order chi connectivity index (χ0) is 10.1. The minimum atomic E-state index is 0.0119. The Morgan fingerprint density at radius 1 is 1.50 bits per heavy atom. The van der Waals surface area contributed by atoms with Crippen LogP contribution >= 0.6 is 0 Å². The number of piperazine rings is 1. The van der Waals surface area contributed by atoms with E-state index in [1.807, 2.05) is 6.92 Å². The van der Waals surface area contributed by atoms with Gasteiger partial charge in [0.15, 0.2) is 0 Å². The molecule has 0 aromatic rings. The van der Waals surface area contributed by atoms with Gasteiger partial charge < -0.3 is 20.3 Å². The van der Waals surface area contributed by atoms with Crippen molar-refractivity contribution in [1.29, 1.82) is 0 Å². The largest absolute Gasteiger partial charge is 0.460 e. The molecule has 0 aromatic heterocycles. The van der Waals surface area contributed by atoms with E-state index in [1.54, 1.807) is 0 Å². The molecule has 5 nitrogen and oxygen atoms in total. The van der Waals surface area contributed by atoms with E-state index in [1.165, 1.54) is 0 Å². The summed E-state index contributed by atoms with van der Waals surface area (Å²) in [6.45, 7) is 5.58. The molecule has 0 aliphatic carbocycles. The van der Waals surface area contributed by atoms with Crippen LogP contribution in [0.1, 0.15) is 6.92 Å². The molecule has 0 saturated carbocycles. The Bertz CT molecular complexity index is 243. The Morgan fingerprint density at radius 3 is 2.86 bits per heavy atom. The molecule has 0 bridgehead atoms. The Hall–Kier alpha value is -0.810. The lowest BCUT2D eigenvalue weighted by Crippen LogP contribution is -2.58. The Labute approximate surface area is 84.5 Å². The number of hydrogen-bond donors (Lipinski definition) is 1. The van der Waals surface area contributed by atoms with E-state index in [9.17, 15) is 0 Å². The normalized spacial score (nSPS) is 34.2. The van der Waals surface area contributed by atoms with Crippen molar-refractivity contribution in [1.82, 2.24) is 9.80 Å². The van der Waals surface area contributed by atoms with Gasteiger partial charge >= 0.3 is 0 Å². The molecule has 2 atom stereocenters. The molecule has 14 heavy (non-hydrogen) atoms. The van der Waals surface area contributed by atoms with Crippen LogP contribution in [0, 0.1) is 0 Å². The van der Waals surface area contributed by atoms with E-state index in [0.717, 1.165) is 32.2 Å². The number of aliphatic imine (C=N–C) groups is 1. The fourth-order valence-corrected chi connectivity index (χ4v) is 1.81. The van der Waals surface area contributed by atoms with Gasteiger partial charge in [-0.2, -0.15) is 0 Å². The molecule has 1 saturated heterocycles. The lowest BCUT2D eigenvalue weighted by molar-refractivity contribution is 0.113. The fourth-order valence-electron chi connectivity index (χ4n) is 1.81. The lowest BCUT2D eigenvalue weighted by atomic mass is 10.3. The Kier molecular flexibility index (Phi) is 2.60. The first-order valence-electron chi connectivity index (χ1n) is 5.08. The summed E-state index contributed by atoms with van der Waals surface area (Å²) in [6.07, 6.45) is 0.217. The summed E-state index contributed by atoms with van der Waals surface area (Å²) in [5.74, 6) is 0. The maximum atomic E-state index is 6.02. The van der Waals surface area contributed by atoms with Crippen LogP contribution in [0.15, 0.2) is 4.99 Å². The van der Waals surface area contributed by atoms with Crippen molar-refractivity contribution in [3.63, 3.8) is 0 Å². The maximum absolute atomic E-state index is 6.02. The number of likely N-dealkylation sites (N-methyl/N-ethyl adjacent to an activating group) is 1. The highest BCUT2D eigenvalue weighted by Crippen LogP contribution is 2.12. The van der Waals surface area contributed by atoms with Gasteiger partial charge in [-0.3, -0.25) is 0 Å². The molecule has 0 radical (unpaired) electrons. The molecule has 2 aliphatic rings. The number of hydrogen-bond acceptors (Lipinski definition) is 5. The quantitative estimate of drug-likeness (QED) is 0.559. The zero-order valence-electron chi connectivity index (χ0n) is 8.81. The summed E-state index contributed by atoms with van der Waals surface area (Å²) in [5, 5.41) is 0. The lowest BCUT2D eigenvalue weighted by Gasteiger charge is -2.38. The molecule has 2 unspecified atom stereocenters. The molecule has 2 N–H and O–H groups in total. The smallest absolute Gasteiger partial charge is 0.289 e. The molecular weight excluding hydrogens is 180 g/mol. The molecule has 0 spiro atoms. The fraction of sp³-hybridized carbons (Fsp3) is 0.889. The van der Waals surface area contributed by atoms with Crippen LogP contribution in [-0.2, 0) is 4.74 Å². The van der Waals surface area contributed by atoms with Gasteiger partial charge in [0.25, 0.3) is 6.02 Å². The van der Waals surface area contributed by atoms with Crippen LogP contribution < -0.4 is 5.73 Å². The number of rotatable bonds is 0. The van der Waals surface area contributed by atoms with E-state index in [0.29, 0.717) is 0 Å². The number of nitrogens with zero attached hydrogens (tertiary/aromatic N) is 3. The molecule has 0 aromatic carbocycles. The molecule has 1 fully saturated rings. The van der Waals surface area contributed by atoms with Crippen molar-refractivity contribution in [3.8, 4) is 0 Å². The highest BCUT2D eigenvalue weighted by Gasteiger charge is 2.29. The monoisotopic (exact) mass is 198 g/mol. The van der Waals surface area contributed by atoms with Gasteiger partial charge in [-0.05, 0) is 14.0 Å². The number of ether oxygens (including phenoxy) is 1. The van der Waals surface area contributed by atoms with E-state index < -0.39 is 0 Å². The third kappa shape index (κ3) is 1.83. The zero-order valence-corrected chi connectivity index (χ0v) is 8.81. The van der Waals surface area contributed by atoms with Crippen LogP contribution in [0.4, 0.5) is 0 Å². The summed E-state index contributed by atoms with van der Waals surface area (Å²) in [5.41, 5.74) is 6.02. The standard InChI is InChI=1S/C9H18N4O/c1-7-5-11-9(14-7)13-4-3-12(2)6-8(13)10/h7-8H,3-6,10H2,1-2H3. The van der Waals surface area contributed by atoms with Crippen molar-refractivity contribution < 1.29 is 4.74 Å². The topological polar surface area (TPSA) is 54.1 Å². The first kappa shape index (κ1) is 9.73. The third-order valence-corrected chi connectivity index (χ3v) is 2.66. The Balaban J connectivity index is 1.98. The molecule has 2 aliphatic heterocycles. The van der Waals surface area contributed by atoms with Crippen molar-refractivity contribution in [3.05, 3.63) is 0 Å². The third-order valence-electron chi connectivity index (χ3n) is 2.66. The van der Waals surface area contributed by atoms with Crippen molar-refractivity contribution >= 4 is 6.02 Å². The van der Waals surface area contributed by atoms with Gasteiger partial charge in [-0.1, -0.05) is 0 Å². The maximum Gasteiger partial charge on any atom is 0.289 e. The molecule has 2 rings (SSSR count). The average Bonchev–Trinajstić information content (AvgIpc) is 2.51. The minimum Gasteiger partial charge on any atom is -0.460 e. The van der Waals surface area contributed by atoms with Gasteiger partial charge in [0.1, 0.15) is 6.10 Å². The van der Waals surface area contributed by atoms with Crippen LogP contribution in [0.3, 0.4) is 0 Å². The average molecular weight is 198 g/mol. The van der Waals surface area contributed by atoms with E-state index in [-0.39, 0.29) is 12.3 Å². The van der Waals surface area contributed by atoms with Gasteiger partial charge in [0, 0.05) is 19.6 Å². The summed E-state index contributed by atoms with van der Waals surface area (Å²) < 4.78 is 5.58. The van der Waals surface area contributed by atoms with Crippen LogP contribution in [-0.4, -0.2) is 61.3 Å². The van der Waals surface area contributed by atoms with Gasteiger partial charge in [0.2, 0.25) is 0 Å². The second-order valence-corrected chi connectivity index (χ2v) is 4.07. The molecule has 5 heteroatoms. The van der Waals surface area contributed by atoms with Crippen molar-refractivity contribution in [2.24, 2.45) is 10.7 Å². The summed E-state index contributed by atoms with van der Waals surface area (Å²) in [7, 11) is 2.08. The molecule has 2 heterocycles. The number of nitrogens with two attached hydrogens (primary N) is 1. The van der Waals surface area contributed by atoms with Crippen LogP contribution in [0.2, 0.25) is 0 Å². The van der Waals surface area contributed by atoms with E-state index >= 15 is 0 Å². The van der Waals surface area contributed by atoms with E-state index in [2.05, 4.69) is 21.8 Å². The second-order valence-electron chi connectivity index (χ2n) is 4.07. The summed E-state index contributed by atoms with van der Waals surface area (Å²) in [4.78, 5) is 8.62. The van der Waals surface area contributed by atoms with Crippen LogP contribution in [0.25, 0.3) is 0 Å². The highest BCUT2D eigenvalue weighted by molar-refractivity contribution is 5.75. The minimum absolute atomic E-state index is 0.0119. The van der Waals surface area contributed by atoms with Crippen LogP contribution in [0.5, 0.6) is 0 Å². The Morgan fingerprint density at radius 2 is 2.29 bits per heavy atom. The first-order valence-corrected chi connectivity index (χ1v) is 5.08. The molecule has 80 valence electrons. The summed E-state index contributed by atoms with van der Waals surface area (Å²) in [6, 6.07) is 0.734. The molecule has 0 amide bonds. The van der Waals surface area contributed by atoms with Gasteiger partial charge in [0.05, 0.1) is 12.7 Å².